The maximum Gasteiger partial charge on any atom is 0.0743 e. The Labute approximate surface area is 92.6 Å². The molecule has 84 valence electrons. The van der Waals surface area contributed by atoms with Crippen LogP contribution in [0.5, 0.6) is 0 Å². The largest absolute Gasteiger partial charge is 0.393 e. The van der Waals surface area contributed by atoms with Crippen LogP contribution in [-0.2, 0) is 4.74 Å². The van der Waals surface area contributed by atoms with Crippen LogP contribution in [0.1, 0.15) is 26.7 Å². The van der Waals surface area contributed by atoms with Gasteiger partial charge in [0.15, 0.2) is 0 Å². The molecule has 0 saturated carbocycles. The van der Waals surface area contributed by atoms with E-state index in [4.69, 9.17) is 22.7 Å². The third-order valence-electron chi connectivity index (χ3n) is 2.59. The average molecular weight is 218 g/mol. The number of nitrogens with zero attached hydrogens (tertiary/aromatic N) is 1. The lowest BCUT2D eigenvalue weighted by Gasteiger charge is -2.32. The van der Waals surface area contributed by atoms with E-state index in [0.29, 0.717) is 17.1 Å². The van der Waals surface area contributed by atoms with Gasteiger partial charge in [-0.25, -0.2) is 0 Å². The summed E-state index contributed by atoms with van der Waals surface area (Å²) in [5, 5.41) is 0. The summed E-state index contributed by atoms with van der Waals surface area (Å²) >= 11 is 4.93. The maximum atomic E-state index is 5.55. The highest BCUT2D eigenvalue weighted by molar-refractivity contribution is 7.80. The molecular weight excluding hydrogens is 196 g/mol. The number of hydrogen-bond donors (Lipinski definition) is 1. The molecule has 2 atom stereocenters. The Bertz CT molecular complexity index is 176. The zero-order chi connectivity index (χ0) is 11.1. The number of thiocarbonyl (C=S) groups is 1. The highest BCUT2D eigenvalue weighted by Crippen LogP contribution is 2.10. The Morgan fingerprint density at radius 1 is 1.57 bits per heavy atom. The van der Waals surface area contributed by atoms with E-state index in [2.05, 4.69) is 25.8 Å². The Kier molecular flexibility index (Phi) is 7.05. The minimum Gasteiger partial charge on any atom is -0.393 e. The van der Waals surface area contributed by atoms with E-state index < -0.39 is 0 Å². The second kappa shape index (κ2) is 7.15. The quantitative estimate of drug-likeness (QED) is 0.656. The first-order valence-electron chi connectivity index (χ1n) is 5.02. The zero-order valence-corrected chi connectivity index (χ0v) is 10.4. The lowest BCUT2D eigenvalue weighted by Crippen LogP contribution is -2.42. The van der Waals surface area contributed by atoms with E-state index in [-0.39, 0.29) is 0 Å². The van der Waals surface area contributed by atoms with Crippen LogP contribution in [0.2, 0.25) is 0 Å². The molecule has 0 aromatic heterocycles. The fraction of sp³-hybridized carbons (Fsp3) is 0.900. The topological polar surface area (TPSA) is 38.5 Å². The molecule has 4 heteroatoms. The molecule has 0 aliphatic heterocycles. The van der Waals surface area contributed by atoms with E-state index in [1.54, 1.807) is 7.11 Å². The second-order valence-corrected chi connectivity index (χ2v) is 4.23. The number of likely N-dealkylation sites (N-methyl/N-ethyl adjacent to an activating group) is 1. The second-order valence-electron chi connectivity index (χ2n) is 3.70. The van der Waals surface area contributed by atoms with Gasteiger partial charge in [0.2, 0.25) is 0 Å². The van der Waals surface area contributed by atoms with Crippen LogP contribution in [0.3, 0.4) is 0 Å². The van der Waals surface area contributed by atoms with Gasteiger partial charge in [0, 0.05) is 25.6 Å². The highest BCUT2D eigenvalue weighted by atomic mass is 32.1. The average Bonchev–Trinajstić information content (AvgIpc) is 2.13. The van der Waals surface area contributed by atoms with Gasteiger partial charge in [0.05, 0.1) is 11.6 Å². The first-order valence-corrected chi connectivity index (χ1v) is 5.42. The molecule has 0 aliphatic rings. The monoisotopic (exact) mass is 218 g/mol. The van der Waals surface area contributed by atoms with Crippen molar-refractivity contribution in [2.75, 3.05) is 20.8 Å². The summed E-state index contributed by atoms with van der Waals surface area (Å²) in [5.74, 6) is 0. The van der Waals surface area contributed by atoms with Crippen LogP contribution in [0, 0.1) is 0 Å². The fourth-order valence-corrected chi connectivity index (χ4v) is 1.72. The van der Waals surface area contributed by atoms with Crippen molar-refractivity contribution in [3.63, 3.8) is 0 Å². The molecule has 0 aliphatic carbocycles. The van der Waals surface area contributed by atoms with Crippen LogP contribution in [0.15, 0.2) is 0 Å². The molecule has 0 radical (unpaired) electrons. The van der Waals surface area contributed by atoms with Crippen LogP contribution in [0.25, 0.3) is 0 Å². The molecule has 0 aromatic carbocycles. The SMILES string of the molecule is CCC(CC(N)=S)N(C)C(C)COC. The van der Waals surface area contributed by atoms with Gasteiger partial charge >= 0.3 is 0 Å². The Hall–Kier alpha value is -0.190. The minimum atomic E-state index is 0.402. The molecule has 0 amide bonds. The molecule has 0 bridgehead atoms. The van der Waals surface area contributed by atoms with Crippen molar-refractivity contribution < 1.29 is 4.74 Å². The molecule has 3 nitrogen and oxygen atoms in total. The molecule has 2 unspecified atom stereocenters. The van der Waals surface area contributed by atoms with Gasteiger partial charge in [-0.05, 0) is 20.4 Å². The first-order chi connectivity index (χ1) is 6.52. The van der Waals surface area contributed by atoms with Crippen LogP contribution in [0.4, 0.5) is 0 Å². The predicted octanol–water partition coefficient (Wildman–Crippen LogP) is 1.41. The van der Waals surface area contributed by atoms with Crippen molar-refractivity contribution in [2.45, 2.75) is 38.8 Å². The van der Waals surface area contributed by atoms with Gasteiger partial charge in [0.25, 0.3) is 0 Å². The summed E-state index contributed by atoms with van der Waals surface area (Å²) in [7, 11) is 3.81. The molecule has 0 fully saturated rings. The molecule has 0 heterocycles. The van der Waals surface area contributed by atoms with Crippen molar-refractivity contribution in [1.29, 1.82) is 0 Å². The number of ether oxygens (including phenoxy) is 1. The number of rotatable bonds is 7. The Morgan fingerprint density at radius 2 is 2.14 bits per heavy atom. The standard InChI is InChI=1S/C10H22N2OS/c1-5-9(6-10(11)14)12(3)8(2)7-13-4/h8-9H,5-7H2,1-4H3,(H2,11,14). The summed E-state index contributed by atoms with van der Waals surface area (Å²) in [6.07, 6.45) is 1.85. The zero-order valence-electron chi connectivity index (χ0n) is 9.62. The highest BCUT2D eigenvalue weighted by Gasteiger charge is 2.18. The summed E-state index contributed by atoms with van der Waals surface area (Å²) in [4.78, 5) is 2.87. The van der Waals surface area contributed by atoms with Crippen LogP contribution in [-0.4, -0.2) is 42.7 Å². The summed E-state index contributed by atoms with van der Waals surface area (Å²) in [6.45, 7) is 5.04. The van der Waals surface area contributed by atoms with Crippen molar-refractivity contribution in [3.05, 3.63) is 0 Å². The molecular formula is C10H22N2OS. The normalized spacial score (nSPS) is 15.5. The van der Waals surface area contributed by atoms with Crippen LogP contribution < -0.4 is 5.73 Å². The number of methoxy groups -OCH3 is 1. The molecule has 2 N–H and O–H groups in total. The van der Waals surface area contributed by atoms with Gasteiger partial charge in [-0.2, -0.15) is 0 Å². The number of hydrogen-bond acceptors (Lipinski definition) is 3. The third kappa shape index (κ3) is 4.88. The van der Waals surface area contributed by atoms with Crippen LogP contribution >= 0.6 is 12.2 Å². The van der Waals surface area contributed by atoms with Crippen molar-refractivity contribution in [1.82, 2.24) is 4.90 Å². The predicted molar refractivity (Wildman–Crippen MR) is 64.6 cm³/mol. The minimum absolute atomic E-state index is 0.402. The Morgan fingerprint density at radius 3 is 2.50 bits per heavy atom. The molecule has 0 aromatic rings. The van der Waals surface area contributed by atoms with E-state index in [1.165, 1.54) is 0 Å². The van der Waals surface area contributed by atoms with Gasteiger partial charge in [0.1, 0.15) is 0 Å². The first kappa shape index (κ1) is 13.8. The van der Waals surface area contributed by atoms with Gasteiger partial charge in [-0.1, -0.05) is 19.1 Å². The molecule has 0 spiro atoms. The van der Waals surface area contributed by atoms with Crippen molar-refractivity contribution in [3.8, 4) is 0 Å². The van der Waals surface area contributed by atoms with E-state index in [0.717, 1.165) is 19.4 Å². The van der Waals surface area contributed by atoms with Crippen molar-refractivity contribution in [2.24, 2.45) is 5.73 Å². The molecule has 14 heavy (non-hydrogen) atoms. The Balaban J connectivity index is 4.14. The molecule has 0 saturated heterocycles. The summed E-state index contributed by atoms with van der Waals surface area (Å²) in [6, 6.07) is 0.831. The van der Waals surface area contributed by atoms with Gasteiger partial charge in [-0.15, -0.1) is 0 Å². The fourth-order valence-electron chi connectivity index (χ4n) is 1.53. The van der Waals surface area contributed by atoms with Gasteiger partial charge in [-0.3, -0.25) is 4.90 Å². The molecule has 0 rings (SSSR count). The van der Waals surface area contributed by atoms with Crippen molar-refractivity contribution >= 4 is 17.2 Å². The third-order valence-corrected chi connectivity index (χ3v) is 2.75. The summed E-state index contributed by atoms with van der Waals surface area (Å²) in [5.41, 5.74) is 5.55. The summed E-state index contributed by atoms with van der Waals surface area (Å²) < 4.78 is 5.12. The maximum absolute atomic E-state index is 5.55. The van der Waals surface area contributed by atoms with E-state index in [1.807, 2.05) is 0 Å². The lowest BCUT2D eigenvalue weighted by atomic mass is 10.1. The van der Waals surface area contributed by atoms with E-state index in [9.17, 15) is 0 Å². The van der Waals surface area contributed by atoms with Gasteiger partial charge < -0.3 is 10.5 Å². The lowest BCUT2D eigenvalue weighted by molar-refractivity contribution is 0.0896. The van der Waals surface area contributed by atoms with E-state index >= 15 is 0 Å². The smallest absolute Gasteiger partial charge is 0.0743 e. The number of nitrogens with two attached hydrogens (primary N) is 1.